The summed E-state index contributed by atoms with van der Waals surface area (Å²) in [4.78, 5) is 3.24. The smallest absolute Gasteiger partial charge is 0.178 e. The van der Waals surface area contributed by atoms with E-state index in [1.807, 2.05) is 24.0 Å². The second kappa shape index (κ2) is 4.66. The molecule has 3 rings (SSSR count). The number of rotatable bonds is 3. The van der Waals surface area contributed by atoms with Crippen LogP contribution in [0.4, 0.5) is 0 Å². The van der Waals surface area contributed by atoms with Gasteiger partial charge in [0.05, 0.1) is 23.8 Å². The molecule has 19 heavy (non-hydrogen) atoms. The number of H-pyrrole nitrogens is 1. The van der Waals surface area contributed by atoms with E-state index in [9.17, 15) is 0 Å². The SMILES string of the molecule is Cc1ccc2[nH]c(=S)n(CCn3cc(C)cn3)c2c1. The van der Waals surface area contributed by atoms with Crippen molar-refractivity contribution in [1.82, 2.24) is 19.3 Å². The predicted molar refractivity (Wildman–Crippen MR) is 78.8 cm³/mol. The Morgan fingerprint density at radius 1 is 1.21 bits per heavy atom. The zero-order valence-corrected chi connectivity index (χ0v) is 11.9. The van der Waals surface area contributed by atoms with Gasteiger partial charge in [-0.3, -0.25) is 4.68 Å². The number of aromatic nitrogens is 4. The van der Waals surface area contributed by atoms with Crippen LogP contribution < -0.4 is 0 Å². The molecule has 0 aliphatic carbocycles. The maximum Gasteiger partial charge on any atom is 0.178 e. The third kappa shape index (κ3) is 2.33. The van der Waals surface area contributed by atoms with Gasteiger partial charge in [0.2, 0.25) is 0 Å². The summed E-state index contributed by atoms with van der Waals surface area (Å²) in [5.74, 6) is 0. The molecule has 2 heterocycles. The Morgan fingerprint density at radius 3 is 2.79 bits per heavy atom. The number of nitrogens with zero attached hydrogens (tertiary/aromatic N) is 3. The number of aryl methyl sites for hydroxylation is 4. The van der Waals surface area contributed by atoms with Crippen LogP contribution in [0.2, 0.25) is 0 Å². The molecule has 0 amide bonds. The van der Waals surface area contributed by atoms with Crippen molar-refractivity contribution >= 4 is 23.3 Å². The molecule has 0 saturated heterocycles. The lowest BCUT2D eigenvalue weighted by atomic mass is 10.2. The summed E-state index contributed by atoms with van der Waals surface area (Å²) in [6.07, 6.45) is 3.92. The zero-order chi connectivity index (χ0) is 13.4. The average molecular weight is 272 g/mol. The van der Waals surface area contributed by atoms with Crippen LogP contribution in [0.3, 0.4) is 0 Å². The normalized spacial score (nSPS) is 11.3. The van der Waals surface area contributed by atoms with Gasteiger partial charge in [0.15, 0.2) is 4.77 Å². The van der Waals surface area contributed by atoms with Crippen LogP contribution in [-0.4, -0.2) is 19.3 Å². The molecule has 0 aliphatic rings. The summed E-state index contributed by atoms with van der Waals surface area (Å²) in [5, 5.41) is 4.30. The first-order chi connectivity index (χ1) is 9.13. The summed E-state index contributed by atoms with van der Waals surface area (Å²) >= 11 is 5.39. The number of imidazole rings is 1. The number of hydrogen-bond acceptors (Lipinski definition) is 2. The third-order valence-electron chi connectivity index (χ3n) is 3.25. The van der Waals surface area contributed by atoms with Gasteiger partial charge in [-0.05, 0) is 49.3 Å². The van der Waals surface area contributed by atoms with Gasteiger partial charge in [-0.1, -0.05) is 6.07 Å². The van der Waals surface area contributed by atoms with Crippen LogP contribution in [0.25, 0.3) is 11.0 Å². The number of benzene rings is 1. The van der Waals surface area contributed by atoms with Gasteiger partial charge in [-0.15, -0.1) is 0 Å². The van der Waals surface area contributed by atoms with E-state index in [0.29, 0.717) is 0 Å². The Kier molecular flexibility index (Phi) is 2.98. The van der Waals surface area contributed by atoms with E-state index in [-0.39, 0.29) is 0 Å². The lowest BCUT2D eigenvalue weighted by molar-refractivity contribution is 0.537. The highest BCUT2D eigenvalue weighted by Gasteiger charge is 2.05. The monoisotopic (exact) mass is 272 g/mol. The molecule has 0 unspecified atom stereocenters. The highest BCUT2D eigenvalue weighted by Crippen LogP contribution is 2.16. The number of fused-ring (bicyclic) bond motifs is 1. The van der Waals surface area contributed by atoms with Crippen molar-refractivity contribution < 1.29 is 0 Å². The summed E-state index contributed by atoms with van der Waals surface area (Å²) in [6.45, 7) is 5.79. The Balaban J connectivity index is 1.94. The summed E-state index contributed by atoms with van der Waals surface area (Å²) in [5.41, 5.74) is 4.67. The van der Waals surface area contributed by atoms with Gasteiger partial charge in [0.1, 0.15) is 0 Å². The average Bonchev–Trinajstić information content (AvgIpc) is 2.90. The van der Waals surface area contributed by atoms with Crippen molar-refractivity contribution in [2.45, 2.75) is 26.9 Å². The van der Waals surface area contributed by atoms with E-state index in [4.69, 9.17) is 12.2 Å². The van der Waals surface area contributed by atoms with Gasteiger partial charge in [0.25, 0.3) is 0 Å². The van der Waals surface area contributed by atoms with E-state index in [1.54, 1.807) is 0 Å². The molecule has 2 aromatic heterocycles. The molecule has 1 N–H and O–H groups in total. The summed E-state index contributed by atoms with van der Waals surface area (Å²) < 4.78 is 4.85. The molecular formula is C14H16N4S. The van der Waals surface area contributed by atoms with E-state index in [2.05, 4.69) is 39.8 Å². The molecule has 0 aliphatic heterocycles. The number of nitrogens with one attached hydrogen (secondary N) is 1. The van der Waals surface area contributed by atoms with Crippen LogP contribution in [-0.2, 0) is 13.1 Å². The van der Waals surface area contributed by atoms with Gasteiger partial charge < -0.3 is 9.55 Å². The minimum atomic E-state index is 0.768. The van der Waals surface area contributed by atoms with Crippen molar-refractivity contribution in [3.8, 4) is 0 Å². The largest absolute Gasteiger partial charge is 0.331 e. The topological polar surface area (TPSA) is 38.5 Å². The van der Waals surface area contributed by atoms with Crippen LogP contribution in [0.15, 0.2) is 30.6 Å². The molecule has 0 spiro atoms. The van der Waals surface area contributed by atoms with Crippen LogP contribution >= 0.6 is 12.2 Å². The van der Waals surface area contributed by atoms with Gasteiger partial charge in [0, 0.05) is 12.7 Å². The Bertz CT molecular complexity index is 778. The first-order valence-corrected chi connectivity index (χ1v) is 6.72. The van der Waals surface area contributed by atoms with Crippen LogP contribution in [0.1, 0.15) is 11.1 Å². The second-order valence-corrected chi connectivity index (χ2v) is 5.27. The first kappa shape index (κ1) is 12.2. The van der Waals surface area contributed by atoms with Gasteiger partial charge >= 0.3 is 0 Å². The highest BCUT2D eigenvalue weighted by molar-refractivity contribution is 7.71. The third-order valence-corrected chi connectivity index (χ3v) is 3.57. The van der Waals surface area contributed by atoms with Crippen molar-refractivity contribution in [1.29, 1.82) is 0 Å². The number of hydrogen-bond donors (Lipinski definition) is 1. The fraction of sp³-hybridized carbons (Fsp3) is 0.286. The molecule has 0 bridgehead atoms. The molecule has 0 radical (unpaired) electrons. The molecule has 0 atom stereocenters. The molecule has 0 fully saturated rings. The highest BCUT2D eigenvalue weighted by atomic mass is 32.1. The Labute approximate surface area is 116 Å². The predicted octanol–water partition coefficient (Wildman–Crippen LogP) is 3.21. The quantitative estimate of drug-likeness (QED) is 0.744. The first-order valence-electron chi connectivity index (χ1n) is 6.32. The molecule has 3 aromatic rings. The standard InChI is InChI=1S/C14H16N4S/c1-10-3-4-12-13(7-10)18(14(19)16-12)6-5-17-9-11(2)8-15-17/h3-4,7-9H,5-6H2,1-2H3,(H,16,19). The minimum Gasteiger partial charge on any atom is -0.331 e. The van der Waals surface area contributed by atoms with Crippen molar-refractivity contribution in [3.05, 3.63) is 46.5 Å². The molecule has 4 nitrogen and oxygen atoms in total. The summed E-state index contributed by atoms with van der Waals surface area (Å²) in [6, 6.07) is 6.33. The maximum absolute atomic E-state index is 5.39. The van der Waals surface area contributed by atoms with Crippen LogP contribution in [0.5, 0.6) is 0 Å². The maximum atomic E-state index is 5.39. The van der Waals surface area contributed by atoms with E-state index < -0.39 is 0 Å². The van der Waals surface area contributed by atoms with E-state index >= 15 is 0 Å². The summed E-state index contributed by atoms with van der Waals surface area (Å²) in [7, 11) is 0. The lowest BCUT2D eigenvalue weighted by Crippen LogP contribution is -2.07. The Morgan fingerprint density at radius 2 is 2.05 bits per heavy atom. The van der Waals surface area contributed by atoms with Crippen molar-refractivity contribution in [3.63, 3.8) is 0 Å². The molecule has 1 aromatic carbocycles. The lowest BCUT2D eigenvalue weighted by Gasteiger charge is -2.05. The molecular weight excluding hydrogens is 256 g/mol. The second-order valence-electron chi connectivity index (χ2n) is 4.88. The molecule has 98 valence electrons. The number of aromatic amines is 1. The van der Waals surface area contributed by atoms with Gasteiger partial charge in [-0.25, -0.2) is 0 Å². The minimum absolute atomic E-state index is 0.768. The zero-order valence-electron chi connectivity index (χ0n) is 11.1. The van der Waals surface area contributed by atoms with E-state index in [1.165, 1.54) is 11.1 Å². The Hall–Kier alpha value is -1.88. The van der Waals surface area contributed by atoms with E-state index in [0.717, 1.165) is 28.9 Å². The fourth-order valence-corrected chi connectivity index (χ4v) is 2.58. The fourth-order valence-electron chi connectivity index (χ4n) is 2.28. The van der Waals surface area contributed by atoms with Crippen LogP contribution in [0, 0.1) is 18.6 Å². The van der Waals surface area contributed by atoms with Crippen molar-refractivity contribution in [2.75, 3.05) is 0 Å². The molecule has 5 heteroatoms. The van der Waals surface area contributed by atoms with Crippen molar-refractivity contribution in [2.24, 2.45) is 0 Å². The van der Waals surface area contributed by atoms with Gasteiger partial charge in [-0.2, -0.15) is 5.10 Å². The molecule has 0 saturated carbocycles.